The molecule has 1 fully saturated rings. The van der Waals surface area contributed by atoms with Crippen LogP contribution in [0.5, 0.6) is 0 Å². The monoisotopic (exact) mass is 279 g/mol. The Balaban J connectivity index is 2.12. The van der Waals surface area contributed by atoms with E-state index in [0.29, 0.717) is 26.1 Å². The Bertz CT molecular complexity index is 477. The van der Waals surface area contributed by atoms with Gasteiger partial charge in [-0.25, -0.2) is 0 Å². The molecular weight excluding hydrogens is 258 g/mol. The smallest absolute Gasteiger partial charge is 0.317 e. The molecule has 0 spiro atoms. The summed E-state index contributed by atoms with van der Waals surface area (Å²) in [6, 6.07) is 7.98. The molecule has 0 aliphatic carbocycles. The van der Waals surface area contributed by atoms with Gasteiger partial charge in [0.15, 0.2) is 0 Å². The molecule has 0 unspecified atom stereocenters. The number of ether oxygens (including phenoxy) is 1. The van der Waals surface area contributed by atoms with Crippen LogP contribution in [0.1, 0.15) is 11.1 Å². The van der Waals surface area contributed by atoms with Gasteiger partial charge >= 0.3 is 5.97 Å². The van der Waals surface area contributed by atoms with Gasteiger partial charge in [-0.05, 0) is 18.1 Å². The van der Waals surface area contributed by atoms with Crippen molar-refractivity contribution in [1.29, 1.82) is 0 Å². The average Bonchev–Trinajstić information content (AvgIpc) is 2.41. The van der Waals surface area contributed by atoms with Crippen LogP contribution in [0.25, 0.3) is 0 Å². The summed E-state index contributed by atoms with van der Waals surface area (Å²) < 4.78 is 5.80. The number of benzene rings is 1. The van der Waals surface area contributed by atoms with Crippen LogP contribution in [-0.2, 0) is 16.0 Å². The maximum absolute atomic E-state index is 10.8. The van der Waals surface area contributed by atoms with Crippen LogP contribution in [0, 0.1) is 6.92 Å². The number of morpholine rings is 1. The summed E-state index contributed by atoms with van der Waals surface area (Å²) in [4.78, 5) is 12.7. The second kappa shape index (κ2) is 6.35. The van der Waals surface area contributed by atoms with Crippen molar-refractivity contribution in [1.82, 2.24) is 4.90 Å². The number of rotatable bonds is 5. The maximum Gasteiger partial charge on any atom is 0.317 e. The largest absolute Gasteiger partial charge is 0.480 e. The molecule has 110 valence electrons. The van der Waals surface area contributed by atoms with E-state index < -0.39 is 11.6 Å². The van der Waals surface area contributed by atoms with E-state index in [1.807, 2.05) is 36.1 Å². The lowest BCUT2D eigenvalue weighted by Gasteiger charge is -2.41. The van der Waals surface area contributed by atoms with E-state index in [1.54, 1.807) is 0 Å². The van der Waals surface area contributed by atoms with Gasteiger partial charge in [0, 0.05) is 19.5 Å². The molecule has 1 aromatic carbocycles. The summed E-state index contributed by atoms with van der Waals surface area (Å²) in [6.07, 6.45) is 0.590. The molecule has 0 saturated carbocycles. The fourth-order valence-corrected chi connectivity index (χ4v) is 2.66. The molecule has 1 aliphatic rings. The predicted molar refractivity (Wildman–Crippen MR) is 74.7 cm³/mol. The number of carboxylic acid groups (broad SMARTS) is 1. The van der Waals surface area contributed by atoms with E-state index in [9.17, 15) is 9.90 Å². The van der Waals surface area contributed by atoms with Gasteiger partial charge in [0.05, 0.1) is 19.8 Å². The number of aliphatic hydroxyl groups excluding tert-OH is 1. The first-order valence-electron chi connectivity index (χ1n) is 6.78. The second-order valence-electron chi connectivity index (χ2n) is 5.40. The summed E-state index contributed by atoms with van der Waals surface area (Å²) in [5.74, 6) is -0.852. The minimum atomic E-state index is -0.852. The maximum atomic E-state index is 10.8. The molecule has 1 saturated heterocycles. The van der Waals surface area contributed by atoms with Gasteiger partial charge in [-0.2, -0.15) is 0 Å². The summed E-state index contributed by atoms with van der Waals surface area (Å²) in [5.41, 5.74) is 1.57. The van der Waals surface area contributed by atoms with E-state index in [4.69, 9.17) is 9.84 Å². The van der Waals surface area contributed by atoms with Gasteiger partial charge in [0.1, 0.15) is 5.60 Å². The third kappa shape index (κ3) is 3.56. The Morgan fingerprint density at radius 1 is 1.45 bits per heavy atom. The van der Waals surface area contributed by atoms with E-state index in [2.05, 4.69) is 0 Å². The first kappa shape index (κ1) is 15.0. The lowest BCUT2D eigenvalue weighted by Crippen LogP contribution is -2.56. The number of nitrogens with zero attached hydrogens (tertiary/aromatic N) is 1. The van der Waals surface area contributed by atoms with Crippen molar-refractivity contribution < 1.29 is 19.7 Å². The normalized spacial score (nSPS) is 23.7. The molecule has 5 nitrogen and oxygen atoms in total. The van der Waals surface area contributed by atoms with Gasteiger partial charge in [0.2, 0.25) is 0 Å². The molecule has 0 radical (unpaired) electrons. The SMILES string of the molecule is Cc1ccccc1C[C@@]1(CO)CN(CC(=O)O)CCO1. The molecule has 5 heteroatoms. The second-order valence-corrected chi connectivity index (χ2v) is 5.40. The molecule has 0 amide bonds. The number of aliphatic carboxylic acids is 1. The van der Waals surface area contributed by atoms with Crippen molar-refractivity contribution >= 4 is 5.97 Å². The van der Waals surface area contributed by atoms with Crippen LogP contribution in [0.15, 0.2) is 24.3 Å². The summed E-state index contributed by atoms with van der Waals surface area (Å²) >= 11 is 0. The Kier molecular flexibility index (Phi) is 4.75. The minimum Gasteiger partial charge on any atom is -0.480 e. The van der Waals surface area contributed by atoms with E-state index in [1.165, 1.54) is 0 Å². The van der Waals surface area contributed by atoms with Gasteiger partial charge in [0.25, 0.3) is 0 Å². The molecule has 1 aromatic rings. The van der Waals surface area contributed by atoms with Crippen molar-refractivity contribution in [2.45, 2.75) is 18.9 Å². The number of aliphatic hydroxyl groups is 1. The van der Waals surface area contributed by atoms with Gasteiger partial charge < -0.3 is 14.9 Å². The topological polar surface area (TPSA) is 70.0 Å². The molecule has 20 heavy (non-hydrogen) atoms. The van der Waals surface area contributed by atoms with Crippen molar-refractivity contribution in [3.8, 4) is 0 Å². The Labute approximate surface area is 118 Å². The number of carbonyl (C=O) groups is 1. The first-order chi connectivity index (χ1) is 9.54. The zero-order valence-electron chi connectivity index (χ0n) is 11.7. The molecule has 2 rings (SSSR count). The predicted octanol–water partition coefficient (Wildman–Crippen LogP) is 0.685. The van der Waals surface area contributed by atoms with Gasteiger partial charge in [-0.1, -0.05) is 24.3 Å². The van der Waals surface area contributed by atoms with Gasteiger partial charge in [-0.15, -0.1) is 0 Å². The van der Waals surface area contributed by atoms with E-state index >= 15 is 0 Å². The van der Waals surface area contributed by atoms with Crippen LogP contribution in [0.4, 0.5) is 0 Å². The Morgan fingerprint density at radius 2 is 2.20 bits per heavy atom. The van der Waals surface area contributed by atoms with Crippen LogP contribution in [0.3, 0.4) is 0 Å². The molecule has 1 aliphatic heterocycles. The number of carboxylic acids is 1. The van der Waals surface area contributed by atoms with Crippen molar-refractivity contribution in [3.05, 3.63) is 35.4 Å². The molecule has 0 aromatic heterocycles. The fraction of sp³-hybridized carbons (Fsp3) is 0.533. The Hall–Kier alpha value is -1.43. The average molecular weight is 279 g/mol. The molecule has 1 atom stereocenters. The first-order valence-corrected chi connectivity index (χ1v) is 6.78. The molecule has 1 heterocycles. The van der Waals surface area contributed by atoms with E-state index in [0.717, 1.165) is 11.1 Å². The highest BCUT2D eigenvalue weighted by Gasteiger charge is 2.37. The van der Waals surface area contributed by atoms with Crippen LogP contribution in [-0.4, -0.2) is 59.5 Å². The van der Waals surface area contributed by atoms with Gasteiger partial charge in [-0.3, -0.25) is 9.69 Å². The number of hydrogen-bond acceptors (Lipinski definition) is 4. The number of aryl methyl sites for hydroxylation is 1. The third-order valence-corrected chi connectivity index (χ3v) is 3.75. The third-order valence-electron chi connectivity index (χ3n) is 3.75. The highest BCUT2D eigenvalue weighted by molar-refractivity contribution is 5.69. The van der Waals surface area contributed by atoms with E-state index in [-0.39, 0.29) is 13.2 Å². The summed E-state index contributed by atoms with van der Waals surface area (Å²) in [7, 11) is 0. The number of hydrogen-bond donors (Lipinski definition) is 2. The van der Waals surface area contributed by atoms with Crippen molar-refractivity contribution in [2.75, 3.05) is 32.8 Å². The lowest BCUT2D eigenvalue weighted by molar-refractivity contribution is -0.150. The van der Waals surface area contributed by atoms with Crippen molar-refractivity contribution in [2.24, 2.45) is 0 Å². The lowest BCUT2D eigenvalue weighted by atomic mass is 9.91. The minimum absolute atomic E-state index is 0.0150. The standard InChI is InChI=1S/C15H21NO4/c1-12-4-2-3-5-13(12)8-15(11-17)10-16(6-7-20-15)9-14(18)19/h2-5,17H,6-11H2,1H3,(H,18,19)/t15-/m0/s1. The summed E-state index contributed by atoms with van der Waals surface area (Å²) in [5, 5.41) is 18.6. The fourth-order valence-electron chi connectivity index (χ4n) is 2.66. The summed E-state index contributed by atoms with van der Waals surface area (Å²) in [6.45, 7) is 3.36. The quantitative estimate of drug-likeness (QED) is 0.829. The zero-order valence-corrected chi connectivity index (χ0v) is 11.7. The van der Waals surface area contributed by atoms with Crippen LogP contribution in [0.2, 0.25) is 0 Å². The molecule has 2 N–H and O–H groups in total. The zero-order chi connectivity index (χ0) is 14.6. The molecular formula is C15H21NO4. The van der Waals surface area contributed by atoms with Crippen LogP contribution >= 0.6 is 0 Å². The molecule has 0 bridgehead atoms. The van der Waals surface area contributed by atoms with Crippen LogP contribution < -0.4 is 0 Å². The highest BCUT2D eigenvalue weighted by atomic mass is 16.5. The highest BCUT2D eigenvalue weighted by Crippen LogP contribution is 2.24. The Morgan fingerprint density at radius 3 is 2.85 bits per heavy atom. The van der Waals surface area contributed by atoms with Crippen molar-refractivity contribution in [3.63, 3.8) is 0 Å².